The smallest absolute Gasteiger partial charge is 0.0702 e. The van der Waals surface area contributed by atoms with E-state index < -0.39 is 0 Å². The maximum Gasteiger partial charge on any atom is 0.0702 e. The van der Waals surface area contributed by atoms with Crippen molar-refractivity contribution in [3.05, 3.63) is 0 Å². The van der Waals surface area contributed by atoms with Gasteiger partial charge in [0.1, 0.15) is 0 Å². The molecule has 1 fully saturated rings. The fourth-order valence-corrected chi connectivity index (χ4v) is 2.64. The molecule has 0 radical (unpaired) electrons. The summed E-state index contributed by atoms with van der Waals surface area (Å²) >= 11 is 0. The van der Waals surface area contributed by atoms with Crippen LogP contribution in [0, 0.1) is 0 Å². The monoisotopic (exact) mass is 256 g/mol. The minimum absolute atomic E-state index is 0.479. The molecular formula is C15H32N2O. The summed E-state index contributed by atoms with van der Waals surface area (Å²) in [5.74, 6) is 0. The molecule has 108 valence electrons. The molecule has 0 amide bonds. The molecule has 0 aromatic carbocycles. The number of likely N-dealkylation sites (tertiary alicyclic amines) is 1. The number of rotatable bonds is 9. The highest BCUT2D eigenvalue weighted by atomic mass is 16.5. The molecule has 0 spiro atoms. The van der Waals surface area contributed by atoms with Crippen LogP contribution in [-0.4, -0.2) is 49.8 Å². The van der Waals surface area contributed by atoms with E-state index >= 15 is 0 Å². The van der Waals surface area contributed by atoms with E-state index in [1.54, 1.807) is 0 Å². The average molecular weight is 256 g/mol. The minimum Gasteiger partial charge on any atom is -0.377 e. The molecule has 0 saturated carbocycles. The first-order chi connectivity index (χ1) is 8.80. The van der Waals surface area contributed by atoms with E-state index in [2.05, 4.69) is 31.0 Å². The molecule has 0 bridgehead atoms. The fraction of sp³-hybridized carbons (Fsp3) is 1.00. The van der Waals surface area contributed by atoms with Gasteiger partial charge in [-0.25, -0.2) is 0 Å². The van der Waals surface area contributed by atoms with Gasteiger partial charge in [0.25, 0.3) is 0 Å². The van der Waals surface area contributed by atoms with E-state index in [1.165, 1.54) is 38.8 Å². The Morgan fingerprint density at radius 3 is 2.72 bits per heavy atom. The normalized spacial score (nSPS) is 21.7. The molecule has 1 heterocycles. The molecular weight excluding hydrogens is 224 g/mol. The maximum atomic E-state index is 5.87. The van der Waals surface area contributed by atoms with Gasteiger partial charge in [-0.05, 0) is 38.6 Å². The summed E-state index contributed by atoms with van der Waals surface area (Å²) in [5.41, 5.74) is 0. The van der Waals surface area contributed by atoms with Crippen LogP contribution in [0.1, 0.15) is 52.9 Å². The average Bonchev–Trinajstić information content (AvgIpc) is 2.42. The van der Waals surface area contributed by atoms with Gasteiger partial charge in [-0.3, -0.25) is 4.90 Å². The summed E-state index contributed by atoms with van der Waals surface area (Å²) in [7, 11) is 0. The Bertz CT molecular complexity index is 195. The Kier molecular flexibility index (Phi) is 8.64. The second-order valence-electron chi connectivity index (χ2n) is 5.40. The van der Waals surface area contributed by atoms with Gasteiger partial charge in [0.05, 0.1) is 6.10 Å². The van der Waals surface area contributed by atoms with Crippen molar-refractivity contribution >= 4 is 0 Å². The lowest BCUT2D eigenvalue weighted by Gasteiger charge is -2.33. The number of piperidine rings is 1. The molecule has 1 aliphatic rings. The third kappa shape index (κ3) is 6.17. The van der Waals surface area contributed by atoms with Crippen LogP contribution in [0.2, 0.25) is 0 Å². The number of nitrogens with zero attached hydrogens (tertiary/aromatic N) is 1. The second kappa shape index (κ2) is 9.76. The Hall–Kier alpha value is -0.120. The van der Waals surface area contributed by atoms with Crippen molar-refractivity contribution in [3.8, 4) is 0 Å². The zero-order valence-electron chi connectivity index (χ0n) is 12.6. The quantitative estimate of drug-likeness (QED) is 0.686. The van der Waals surface area contributed by atoms with E-state index in [4.69, 9.17) is 4.74 Å². The van der Waals surface area contributed by atoms with Crippen molar-refractivity contribution in [2.45, 2.75) is 65.0 Å². The van der Waals surface area contributed by atoms with Crippen molar-refractivity contribution in [3.63, 3.8) is 0 Å². The Morgan fingerprint density at radius 1 is 1.28 bits per heavy atom. The molecule has 0 aliphatic carbocycles. The van der Waals surface area contributed by atoms with Gasteiger partial charge in [0, 0.05) is 32.3 Å². The lowest BCUT2D eigenvalue weighted by molar-refractivity contribution is 0.000214. The molecule has 1 atom stereocenters. The summed E-state index contributed by atoms with van der Waals surface area (Å²) in [6.45, 7) is 12.3. The maximum absolute atomic E-state index is 5.87. The van der Waals surface area contributed by atoms with E-state index in [-0.39, 0.29) is 0 Å². The summed E-state index contributed by atoms with van der Waals surface area (Å²) in [6.07, 6.45) is 6.62. The van der Waals surface area contributed by atoms with Crippen LogP contribution >= 0.6 is 0 Å². The van der Waals surface area contributed by atoms with Crippen molar-refractivity contribution < 1.29 is 4.74 Å². The van der Waals surface area contributed by atoms with Crippen molar-refractivity contribution in [2.75, 3.05) is 32.8 Å². The molecule has 1 aliphatic heterocycles. The van der Waals surface area contributed by atoms with Crippen molar-refractivity contribution in [1.29, 1.82) is 0 Å². The molecule has 3 heteroatoms. The van der Waals surface area contributed by atoms with Crippen molar-refractivity contribution in [1.82, 2.24) is 10.2 Å². The van der Waals surface area contributed by atoms with E-state index in [0.717, 1.165) is 26.1 Å². The van der Waals surface area contributed by atoms with Crippen LogP contribution in [0.4, 0.5) is 0 Å². The zero-order valence-corrected chi connectivity index (χ0v) is 12.6. The van der Waals surface area contributed by atoms with Gasteiger partial charge >= 0.3 is 0 Å². The summed E-state index contributed by atoms with van der Waals surface area (Å²) < 4.78 is 5.87. The first-order valence-corrected chi connectivity index (χ1v) is 7.87. The predicted molar refractivity (Wildman–Crippen MR) is 78.1 cm³/mol. The molecule has 1 rings (SSSR count). The lowest BCUT2D eigenvalue weighted by atomic mass is 10.1. The van der Waals surface area contributed by atoms with Gasteiger partial charge in [-0.15, -0.1) is 0 Å². The van der Waals surface area contributed by atoms with E-state index in [1.807, 2.05) is 0 Å². The first-order valence-electron chi connectivity index (χ1n) is 7.87. The minimum atomic E-state index is 0.479. The molecule has 0 aromatic rings. The SMILES string of the molecule is CCCOC1CCCN(CCNC(CC)CC)C1. The number of ether oxygens (including phenoxy) is 1. The van der Waals surface area contributed by atoms with Crippen LogP contribution in [0.5, 0.6) is 0 Å². The van der Waals surface area contributed by atoms with Gasteiger partial charge in [0.15, 0.2) is 0 Å². The number of nitrogens with one attached hydrogen (secondary N) is 1. The number of hydrogen-bond donors (Lipinski definition) is 1. The lowest BCUT2D eigenvalue weighted by Crippen LogP contribution is -2.44. The first kappa shape index (κ1) is 15.9. The molecule has 18 heavy (non-hydrogen) atoms. The predicted octanol–water partition coefficient (Wildman–Crippen LogP) is 2.66. The summed E-state index contributed by atoms with van der Waals surface area (Å²) in [6, 6.07) is 0.696. The number of hydrogen-bond acceptors (Lipinski definition) is 3. The fourth-order valence-electron chi connectivity index (χ4n) is 2.64. The Balaban J connectivity index is 2.13. The van der Waals surface area contributed by atoms with Crippen LogP contribution in [-0.2, 0) is 4.74 Å². The molecule has 1 unspecified atom stereocenters. The highest BCUT2D eigenvalue weighted by molar-refractivity contribution is 4.74. The van der Waals surface area contributed by atoms with Crippen LogP contribution in [0.15, 0.2) is 0 Å². The van der Waals surface area contributed by atoms with E-state index in [9.17, 15) is 0 Å². The largest absolute Gasteiger partial charge is 0.377 e. The van der Waals surface area contributed by atoms with Crippen LogP contribution in [0.3, 0.4) is 0 Å². The van der Waals surface area contributed by atoms with Gasteiger partial charge in [-0.2, -0.15) is 0 Å². The van der Waals surface area contributed by atoms with Crippen molar-refractivity contribution in [2.24, 2.45) is 0 Å². The van der Waals surface area contributed by atoms with Crippen LogP contribution < -0.4 is 5.32 Å². The van der Waals surface area contributed by atoms with Gasteiger partial charge < -0.3 is 10.1 Å². The third-order valence-corrected chi connectivity index (χ3v) is 3.87. The zero-order chi connectivity index (χ0) is 13.2. The molecule has 3 nitrogen and oxygen atoms in total. The second-order valence-corrected chi connectivity index (χ2v) is 5.40. The molecule has 1 N–H and O–H groups in total. The van der Waals surface area contributed by atoms with Gasteiger partial charge in [0.2, 0.25) is 0 Å². The Morgan fingerprint density at radius 2 is 2.06 bits per heavy atom. The summed E-state index contributed by atoms with van der Waals surface area (Å²) in [4.78, 5) is 2.55. The highest BCUT2D eigenvalue weighted by Crippen LogP contribution is 2.13. The molecule has 0 aromatic heterocycles. The summed E-state index contributed by atoms with van der Waals surface area (Å²) in [5, 5.41) is 3.64. The Labute approximate surface area is 113 Å². The third-order valence-electron chi connectivity index (χ3n) is 3.87. The molecule has 1 saturated heterocycles. The standard InChI is InChI=1S/C15H32N2O/c1-4-12-18-15-8-7-10-17(13-15)11-9-16-14(5-2)6-3/h14-16H,4-13H2,1-3H3. The van der Waals surface area contributed by atoms with E-state index in [0.29, 0.717) is 12.1 Å². The van der Waals surface area contributed by atoms with Gasteiger partial charge in [-0.1, -0.05) is 20.8 Å². The highest BCUT2D eigenvalue weighted by Gasteiger charge is 2.19. The topological polar surface area (TPSA) is 24.5 Å². The van der Waals surface area contributed by atoms with Crippen LogP contribution in [0.25, 0.3) is 0 Å².